The number of aromatic amines is 1. The SMILES string of the molecule is Nc1ccn([C@H]2C[C@@H](O)[C@@H](COP(=O)([O-])OP(=O)([O-])OP(=O)([O-])OP(=O)([O-])OC[C@H]3O[C@@H](n4ccc(=O)[nH]c4=O)[C@H](O)[C@@H]3O)O2)c(=O)n1.[K+].[K+].[Na+].[Na+]. The molecule has 0 aromatic carbocycles. The molecule has 0 aliphatic carbocycles. The molecule has 6 N–H and O–H groups in total. The van der Waals surface area contributed by atoms with Gasteiger partial charge >= 0.3 is 173 Å². The molecule has 4 rings (SSSR count). The Morgan fingerprint density at radius 1 is 0.808 bits per heavy atom. The van der Waals surface area contributed by atoms with Gasteiger partial charge in [-0.1, -0.05) is 0 Å². The van der Waals surface area contributed by atoms with E-state index in [1.54, 1.807) is 0 Å². The maximum atomic E-state index is 12.0. The second-order valence-corrected chi connectivity index (χ2v) is 15.7. The average Bonchev–Trinajstić information content (AvgIpc) is 3.42. The van der Waals surface area contributed by atoms with Crippen LogP contribution in [0.25, 0.3) is 0 Å². The third kappa shape index (κ3) is 15.9. The Morgan fingerprint density at radius 2 is 1.31 bits per heavy atom. The third-order valence-electron chi connectivity index (χ3n) is 6.22. The molecule has 2 saturated heterocycles. The van der Waals surface area contributed by atoms with Crippen LogP contribution in [0.2, 0.25) is 0 Å². The van der Waals surface area contributed by atoms with Crippen LogP contribution in [-0.2, 0) is 49.7 Å². The largest absolute Gasteiger partial charge is 1.00 e. The molecule has 2 aliphatic heterocycles. The smallest absolute Gasteiger partial charge is 0.756 e. The molecular weight excluding hydrogens is 870 g/mol. The van der Waals surface area contributed by atoms with Gasteiger partial charge in [0.2, 0.25) is 0 Å². The van der Waals surface area contributed by atoms with Gasteiger partial charge in [0.1, 0.15) is 36.5 Å². The summed E-state index contributed by atoms with van der Waals surface area (Å²) in [5.41, 5.74) is 2.58. The fourth-order valence-electron chi connectivity index (χ4n) is 4.18. The van der Waals surface area contributed by atoms with Crippen LogP contribution in [0.15, 0.2) is 38.9 Å². The first kappa shape index (κ1) is 55.0. The summed E-state index contributed by atoms with van der Waals surface area (Å²) in [7, 11) is -25.4. The molecule has 52 heavy (non-hydrogen) atoms. The van der Waals surface area contributed by atoms with Crippen molar-refractivity contribution >= 4 is 37.1 Å². The quantitative estimate of drug-likeness (QED) is 0.0868. The van der Waals surface area contributed by atoms with Crippen molar-refractivity contribution in [3.63, 3.8) is 0 Å². The van der Waals surface area contributed by atoms with Crippen molar-refractivity contribution in [2.24, 2.45) is 0 Å². The molecule has 270 valence electrons. The molecule has 11 atom stereocenters. The van der Waals surface area contributed by atoms with Crippen LogP contribution in [-0.4, -0.2) is 78.2 Å². The number of nitrogens with one attached hydrogen (secondary N) is 1. The zero-order valence-electron chi connectivity index (χ0n) is 27.4. The molecule has 2 aromatic rings. The molecule has 2 aromatic heterocycles. The monoisotopic (exact) mass is 893 g/mol. The summed E-state index contributed by atoms with van der Waals surface area (Å²) in [4.78, 5) is 88.4. The zero-order chi connectivity index (χ0) is 35.8. The number of nitrogens with two attached hydrogens (primary N) is 1. The van der Waals surface area contributed by atoms with Crippen LogP contribution in [0, 0.1) is 0 Å². The van der Waals surface area contributed by atoms with E-state index in [4.69, 9.17) is 15.2 Å². The molecular formula is C18H23K2N5Na2O21P4. The van der Waals surface area contributed by atoms with Gasteiger partial charge in [-0.05, 0) is 6.07 Å². The summed E-state index contributed by atoms with van der Waals surface area (Å²) >= 11 is 0. The van der Waals surface area contributed by atoms with Crippen molar-refractivity contribution in [3.05, 3.63) is 55.8 Å². The minimum atomic E-state index is -6.59. The summed E-state index contributed by atoms with van der Waals surface area (Å²) in [6.45, 7) is -2.44. The van der Waals surface area contributed by atoms with E-state index in [0.717, 1.165) is 16.8 Å². The van der Waals surface area contributed by atoms with Crippen LogP contribution in [0.4, 0.5) is 5.82 Å². The number of ether oxygens (including phenoxy) is 2. The molecule has 4 heterocycles. The van der Waals surface area contributed by atoms with E-state index in [2.05, 4.69) is 27.0 Å². The predicted octanol–water partition coefficient (Wildman–Crippen LogP) is -17.4. The van der Waals surface area contributed by atoms with Gasteiger partial charge in [0, 0.05) is 24.9 Å². The molecule has 2 aliphatic rings. The summed E-state index contributed by atoms with van der Waals surface area (Å²) in [5, 5.41) is 30.4. The Balaban J connectivity index is 0.00000650. The number of phosphoric ester groups is 2. The number of hydrogen-bond donors (Lipinski definition) is 5. The fraction of sp³-hybridized carbons (Fsp3) is 0.556. The average molecular weight is 893 g/mol. The number of aromatic nitrogens is 4. The first-order chi connectivity index (χ1) is 22.1. The molecule has 0 saturated carbocycles. The number of hydrogen-bond acceptors (Lipinski definition) is 23. The molecule has 34 heteroatoms. The van der Waals surface area contributed by atoms with Crippen LogP contribution in [0.1, 0.15) is 18.9 Å². The topological polar surface area (TPSA) is 402 Å². The molecule has 0 bridgehead atoms. The number of rotatable bonds is 14. The van der Waals surface area contributed by atoms with Gasteiger partial charge < -0.3 is 59.1 Å². The summed E-state index contributed by atoms with van der Waals surface area (Å²) in [6.07, 6.45) is -9.78. The van der Waals surface area contributed by atoms with E-state index in [-0.39, 0.29) is 174 Å². The Kier molecular flexibility index (Phi) is 23.9. The number of aliphatic hydroxyl groups is 3. The molecule has 2 fully saturated rings. The number of aliphatic hydroxyl groups excluding tert-OH is 3. The van der Waals surface area contributed by atoms with Crippen LogP contribution < -0.4 is 204 Å². The summed E-state index contributed by atoms with van der Waals surface area (Å²) in [6, 6.07) is 2.07. The standard InChI is InChI=1S/C18H27N5O21P4.2K.2Na/c19-11-1-3-22(17(28)20-11)13-5-8(24)9(40-13)6-38-45(30,31)42-47(34,35)44-48(36,37)43-46(32,33)39-7-10-14(26)15(27)16(41-10)23-4-2-12(25)21-18(23)29;;;;/h1-4,8-10,13-16,24,26-27H,5-7H2,(H,30,31)(H,32,33)(H,34,35)(H,36,37)(H2,19,20,28)(H,21,25,29);;;;/q;4*+1/p-4/t8-,9-,10-,13-,14-,15-,16-;;;;/m1..../s1. The van der Waals surface area contributed by atoms with E-state index in [1.807, 2.05) is 4.98 Å². The second-order valence-electron chi connectivity index (χ2n) is 9.66. The van der Waals surface area contributed by atoms with Crippen LogP contribution >= 0.6 is 31.3 Å². The van der Waals surface area contributed by atoms with Crippen molar-refractivity contribution in [1.29, 1.82) is 0 Å². The van der Waals surface area contributed by atoms with Gasteiger partial charge in [0.25, 0.3) is 36.9 Å². The molecule has 0 amide bonds. The van der Waals surface area contributed by atoms with Crippen LogP contribution in [0.5, 0.6) is 0 Å². The van der Waals surface area contributed by atoms with E-state index < -0.39 is 104 Å². The number of nitrogen functional groups attached to an aromatic ring is 1. The Bertz CT molecular complexity index is 1890. The van der Waals surface area contributed by atoms with E-state index in [1.165, 1.54) is 12.3 Å². The van der Waals surface area contributed by atoms with Gasteiger partial charge in [-0.15, -0.1) is 0 Å². The first-order valence-electron chi connectivity index (χ1n) is 12.8. The van der Waals surface area contributed by atoms with Gasteiger partial charge in [0.15, 0.2) is 6.23 Å². The zero-order valence-corrected chi connectivity index (χ0v) is 41.2. The van der Waals surface area contributed by atoms with Gasteiger partial charge in [-0.3, -0.25) is 37.2 Å². The number of anilines is 1. The Morgan fingerprint density at radius 3 is 1.83 bits per heavy atom. The van der Waals surface area contributed by atoms with Crippen molar-refractivity contribution in [1.82, 2.24) is 19.1 Å². The van der Waals surface area contributed by atoms with E-state index >= 15 is 0 Å². The second kappa shape index (κ2) is 22.6. The maximum absolute atomic E-state index is 12.0. The van der Waals surface area contributed by atoms with Gasteiger partial charge in [-0.25, -0.2) is 22.5 Å². The maximum Gasteiger partial charge on any atom is 1.00 e. The van der Waals surface area contributed by atoms with Crippen molar-refractivity contribution in [2.75, 3.05) is 18.9 Å². The van der Waals surface area contributed by atoms with Gasteiger partial charge in [0.05, 0.1) is 19.3 Å². The van der Waals surface area contributed by atoms with E-state index in [0.29, 0.717) is 4.57 Å². The summed E-state index contributed by atoms with van der Waals surface area (Å²) in [5.74, 6) is -0.125. The van der Waals surface area contributed by atoms with Crippen molar-refractivity contribution in [3.8, 4) is 0 Å². The normalized spacial score (nSPS) is 28.6. The van der Waals surface area contributed by atoms with Crippen molar-refractivity contribution < 1.29 is 246 Å². The number of H-pyrrole nitrogens is 1. The third-order valence-corrected chi connectivity index (χ3v) is 12.0. The first-order valence-corrected chi connectivity index (χ1v) is 18.6. The van der Waals surface area contributed by atoms with Crippen molar-refractivity contribution in [2.45, 2.75) is 49.4 Å². The molecule has 26 nitrogen and oxygen atoms in total. The minimum Gasteiger partial charge on any atom is -0.756 e. The molecule has 0 spiro atoms. The predicted molar refractivity (Wildman–Crippen MR) is 140 cm³/mol. The van der Waals surface area contributed by atoms with Crippen LogP contribution in [0.3, 0.4) is 0 Å². The molecule has 0 radical (unpaired) electrons. The van der Waals surface area contributed by atoms with E-state index in [9.17, 15) is 67.5 Å². The number of nitrogens with zero attached hydrogens (tertiary/aromatic N) is 3. The number of phosphoric acid groups is 4. The minimum absolute atomic E-state index is 0. The Hall–Kier alpha value is 2.99. The Labute approximate surface area is 419 Å². The fourth-order valence-corrected chi connectivity index (χ4v) is 8.93. The van der Waals surface area contributed by atoms with Gasteiger partial charge in [-0.2, -0.15) is 4.98 Å². The molecule has 4 unspecified atom stereocenters. The summed E-state index contributed by atoms with van der Waals surface area (Å²) < 4.78 is 79.0.